The van der Waals surface area contributed by atoms with Crippen LogP contribution >= 0.6 is 0 Å². The molecule has 0 aliphatic heterocycles. The van der Waals surface area contributed by atoms with Gasteiger partial charge in [-0.1, -0.05) is 30.3 Å². The van der Waals surface area contributed by atoms with E-state index in [1.54, 1.807) is 24.3 Å². The minimum absolute atomic E-state index is 0.343. The Bertz CT molecular complexity index is 550. The molecule has 2 aromatic rings. The number of amidine groups is 1. The van der Waals surface area contributed by atoms with E-state index in [4.69, 9.17) is 10.7 Å². The molecule has 0 atom stereocenters. The average molecular weight is 221 g/mol. The number of nitrogens with zero attached hydrogens (tertiary/aromatic N) is 1. The SMILES string of the molecule is N#Cc1ccc(NC(=N)c2ccccc2)cc1. The summed E-state index contributed by atoms with van der Waals surface area (Å²) in [6.45, 7) is 0. The number of nitriles is 1. The first-order valence-electron chi connectivity index (χ1n) is 5.21. The first-order valence-corrected chi connectivity index (χ1v) is 5.21. The van der Waals surface area contributed by atoms with Crippen LogP contribution in [0.15, 0.2) is 54.6 Å². The van der Waals surface area contributed by atoms with Gasteiger partial charge in [0.25, 0.3) is 0 Å². The minimum Gasteiger partial charge on any atom is -0.340 e. The number of hydrogen-bond donors (Lipinski definition) is 2. The van der Waals surface area contributed by atoms with E-state index >= 15 is 0 Å². The Kier molecular flexibility index (Phi) is 3.18. The van der Waals surface area contributed by atoms with Crippen molar-refractivity contribution < 1.29 is 0 Å². The van der Waals surface area contributed by atoms with Crippen LogP contribution in [0.1, 0.15) is 11.1 Å². The molecule has 2 N–H and O–H groups in total. The highest BCUT2D eigenvalue weighted by atomic mass is 14.9. The third kappa shape index (κ3) is 2.70. The van der Waals surface area contributed by atoms with Crippen LogP contribution in [0.3, 0.4) is 0 Å². The molecule has 2 rings (SSSR count). The van der Waals surface area contributed by atoms with Gasteiger partial charge in [-0.25, -0.2) is 0 Å². The van der Waals surface area contributed by atoms with Gasteiger partial charge in [0.15, 0.2) is 0 Å². The first kappa shape index (κ1) is 10.9. The van der Waals surface area contributed by atoms with E-state index in [-0.39, 0.29) is 0 Å². The van der Waals surface area contributed by atoms with Gasteiger partial charge in [0.05, 0.1) is 11.6 Å². The van der Waals surface area contributed by atoms with E-state index in [1.165, 1.54) is 0 Å². The molecule has 0 heterocycles. The maximum atomic E-state index is 8.68. The first-order chi connectivity index (χ1) is 8.29. The van der Waals surface area contributed by atoms with Crippen LogP contribution in [0.2, 0.25) is 0 Å². The van der Waals surface area contributed by atoms with Crippen LogP contribution in [-0.2, 0) is 0 Å². The van der Waals surface area contributed by atoms with E-state index in [1.807, 2.05) is 30.3 Å². The maximum Gasteiger partial charge on any atom is 0.129 e. The van der Waals surface area contributed by atoms with Gasteiger partial charge < -0.3 is 5.32 Å². The van der Waals surface area contributed by atoms with E-state index in [2.05, 4.69) is 11.4 Å². The molecule has 0 radical (unpaired) electrons. The van der Waals surface area contributed by atoms with Gasteiger partial charge in [0.1, 0.15) is 5.84 Å². The lowest BCUT2D eigenvalue weighted by Gasteiger charge is -2.07. The van der Waals surface area contributed by atoms with Gasteiger partial charge >= 0.3 is 0 Å². The third-order valence-corrected chi connectivity index (χ3v) is 2.35. The van der Waals surface area contributed by atoms with Gasteiger partial charge in [0, 0.05) is 11.3 Å². The molecule has 0 aliphatic rings. The van der Waals surface area contributed by atoms with Crippen molar-refractivity contribution in [2.75, 3.05) is 5.32 Å². The lowest BCUT2D eigenvalue weighted by molar-refractivity contribution is 1.44. The Morgan fingerprint density at radius 2 is 1.65 bits per heavy atom. The Morgan fingerprint density at radius 3 is 2.24 bits per heavy atom. The summed E-state index contributed by atoms with van der Waals surface area (Å²) in [5, 5.41) is 19.5. The predicted molar refractivity (Wildman–Crippen MR) is 68.1 cm³/mol. The van der Waals surface area contributed by atoms with Crippen molar-refractivity contribution in [3.05, 3.63) is 65.7 Å². The van der Waals surface area contributed by atoms with Crippen LogP contribution in [-0.4, -0.2) is 5.84 Å². The zero-order chi connectivity index (χ0) is 12.1. The summed E-state index contributed by atoms with van der Waals surface area (Å²) in [7, 11) is 0. The van der Waals surface area contributed by atoms with Crippen molar-refractivity contribution >= 4 is 11.5 Å². The number of benzene rings is 2. The molecule has 0 amide bonds. The Labute approximate surface area is 99.8 Å². The zero-order valence-corrected chi connectivity index (χ0v) is 9.14. The summed E-state index contributed by atoms with van der Waals surface area (Å²) >= 11 is 0. The van der Waals surface area contributed by atoms with Gasteiger partial charge in [-0.2, -0.15) is 5.26 Å². The number of hydrogen-bond acceptors (Lipinski definition) is 2. The smallest absolute Gasteiger partial charge is 0.129 e. The minimum atomic E-state index is 0.343. The van der Waals surface area contributed by atoms with Crippen LogP contribution in [0.4, 0.5) is 5.69 Å². The molecule has 3 heteroatoms. The zero-order valence-electron chi connectivity index (χ0n) is 9.14. The highest BCUT2D eigenvalue weighted by molar-refractivity contribution is 6.06. The largest absolute Gasteiger partial charge is 0.340 e. The van der Waals surface area contributed by atoms with E-state index in [0.717, 1.165) is 11.3 Å². The van der Waals surface area contributed by atoms with Crippen LogP contribution < -0.4 is 5.32 Å². The molecule has 0 bridgehead atoms. The summed E-state index contributed by atoms with van der Waals surface area (Å²) in [5.74, 6) is 0.343. The molecular weight excluding hydrogens is 210 g/mol. The van der Waals surface area contributed by atoms with Crippen LogP contribution in [0.25, 0.3) is 0 Å². The second-order valence-electron chi connectivity index (χ2n) is 3.56. The summed E-state index contributed by atoms with van der Waals surface area (Å²) in [4.78, 5) is 0. The van der Waals surface area contributed by atoms with E-state index in [0.29, 0.717) is 11.4 Å². The average Bonchev–Trinajstić information content (AvgIpc) is 2.40. The molecule has 3 nitrogen and oxygen atoms in total. The number of anilines is 1. The normalized spacial score (nSPS) is 9.35. The lowest BCUT2D eigenvalue weighted by atomic mass is 10.2. The van der Waals surface area contributed by atoms with Gasteiger partial charge in [-0.15, -0.1) is 0 Å². The van der Waals surface area contributed by atoms with Crippen molar-refractivity contribution in [2.24, 2.45) is 0 Å². The second kappa shape index (κ2) is 4.95. The second-order valence-corrected chi connectivity index (χ2v) is 3.56. The molecule has 0 aromatic heterocycles. The fourth-order valence-electron chi connectivity index (χ4n) is 1.45. The molecule has 17 heavy (non-hydrogen) atoms. The van der Waals surface area contributed by atoms with Gasteiger partial charge in [0.2, 0.25) is 0 Å². The Morgan fingerprint density at radius 1 is 1.00 bits per heavy atom. The molecule has 0 aliphatic carbocycles. The molecule has 82 valence electrons. The lowest BCUT2D eigenvalue weighted by Crippen LogP contribution is -2.11. The molecule has 2 aromatic carbocycles. The van der Waals surface area contributed by atoms with E-state index in [9.17, 15) is 0 Å². The molecule has 0 saturated carbocycles. The topological polar surface area (TPSA) is 59.7 Å². The fourth-order valence-corrected chi connectivity index (χ4v) is 1.45. The van der Waals surface area contributed by atoms with Gasteiger partial charge in [-0.3, -0.25) is 5.41 Å². The Hall–Kier alpha value is -2.60. The fraction of sp³-hybridized carbons (Fsp3) is 0. The van der Waals surface area contributed by atoms with Crippen molar-refractivity contribution in [1.82, 2.24) is 0 Å². The predicted octanol–water partition coefficient (Wildman–Crippen LogP) is 3.00. The summed E-state index contributed by atoms with van der Waals surface area (Å²) < 4.78 is 0. The third-order valence-electron chi connectivity index (χ3n) is 2.35. The summed E-state index contributed by atoms with van der Waals surface area (Å²) in [5.41, 5.74) is 2.25. The molecule has 0 saturated heterocycles. The summed E-state index contributed by atoms with van der Waals surface area (Å²) in [6, 6.07) is 18.5. The van der Waals surface area contributed by atoms with Gasteiger partial charge in [-0.05, 0) is 24.3 Å². The Balaban J connectivity index is 2.11. The summed E-state index contributed by atoms with van der Waals surface area (Å²) in [6.07, 6.45) is 0. The quantitative estimate of drug-likeness (QED) is 0.605. The molecule has 0 fully saturated rings. The molecule has 0 unspecified atom stereocenters. The van der Waals surface area contributed by atoms with Crippen molar-refractivity contribution in [1.29, 1.82) is 10.7 Å². The number of nitrogens with one attached hydrogen (secondary N) is 2. The maximum absolute atomic E-state index is 8.68. The van der Waals surface area contributed by atoms with Crippen LogP contribution in [0, 0.1) is 16.7 Å². The molecule has 0 spiro atoms. The monoisotopic (exact) mass is 221 g/mol. The van der Waals surface area contributed by atoms with E-state index < -0.39 is 0 Å². The highest BCUT2D eigenvalue weighted by Crippen LogP contribution is 2.10. The van der Waals surface area contributed by atoms with Crippen LogP contribution in [0.5, 0.6) is 0 Å². The molecular formula is C14H11N3. The van der Waals surface area contributed by atoms with Crippen molar-refractivity contribution in [3.63, 3.8) is 0 Å². The van der Waals surface area contributed by atoms with Crippen molar-refractivity contribution in [2.45, 2.75) is 0 Å². The standard InChI is InChI=1S/C14H11N3/c15-10-11-6-8-13(9-7-11)17-14(16)12-4-2-1-3-5-12/h1-9H,(H2,16,17). The highest BCUT2D eigenvalue weighted by Gasteiger charge is 2.00. The van der Waals surface area contributed by atoms with Crippen molar-refractivity contribution in [3.8, 4) is 6.07 Å². The number of rotatable bonds is 2.